The molecule has 0 amide bonds. The molecule has 3 rings (SSSR count). The summed E-state index contributed by atoms with van der Waals surface area (Å²) in [4.78, 5) is 2.42. The summed E-state index contributed by atoms with van der Waals surface area (Å²) in [6, 6.07) is 10.1. The smallest absolute Gasteiger partial charge is 0.153 e. The zero-order valence-corrected chi connectivity index (χ0v) is 14.1. The second-order valence-electron chi connectivity index (χ2n) is 7.11. The second-order valence-corrected chi connectivity index (χ2v) is 7.11. The Labute approximate surface area is 140 Å². The molecule has 2 fully saturated rings. The van der Waals surface area contributed by atoms with E-state index in [0.29, 0.717) is 0 Å². The van der Waals surface area contributed by atoms with Crippen LogP contribution in [0.25, 0.3) is 0 Å². The second kappa shape index (κ2) is 7.99. The van der Waals surface area contributed by atoms with Crippen molar-refractivity contribution in [3.63, 3.8) is 0 Å². The van der Waals surface area contributed by atoms with Gasteiger partial charge in [-0.25, -0.2) is 0 Å². The average Bonchev–Trinajstić information content (AvgIpc) is 2.64. The quantitative estimate of drug-likeness (QED) is 0.855. The molecule has 1 aliphatic carbocycles. The van der Waals surface area contributed by atoms with Gasteiger partial charge in [-0.1, -0.05) is 67.9 Å². The number of likely N-dealkylation sites (tertiary alicyclic amines) is 1. The monoisotopic (exact) mass is 311 g/mol. The van der Waals surface area contributed by atoms with Gasteiger partial charge in [0.05, 0.1) is 6.54 Å². The molecule has 23 heavy (non-hydrogen) atoms. The number of piperidine rings is 1. The highest BCUT2D eigenvalue weighted by atomic mass is 16.3. The minimum absolute atomic E-state index is 0.271. The highest BCUT2D eigenvalue weighted by Crippen LogP contribution is 2.38. The van der Waals surface area contributed by atoms with Crippen molar-refractivity contribution >= 4 is 0 Å². The molecule has 2 heteroatoms. The molecule has 124 valence electrons. The predicted molar refractivity (Wildman–Crippen MR) is 95.0 cm³/mol. The van der Waals surface area contributed by atoms with Crippen LogP contribution in [-0.4, -0.2) is 29.6 Å². The average molecular weight is 311 g/mol. The summed E-state index contributed by atoms with van der Waals surface area (Å²) < 4.78 is 0. The number of nitrogens with zero attached hydrogens (tertiary/aromatic N) is 1. The van der Waals surface area contributed by atoms with Crippen LogP contribution in [0.4, 0.5) is 0 Å². The molecule has 0 radical (unpaired) electrons. The minimum Gasteiger partial charge on any atom is -0.373 e. The Balaban J connectivity index is 1.77. The molecule has 0 unspecified atom stereocenters. The van der Waals surface area contributed by atoms with Crippen LogP contribution in [0.1, 0.15) is 56.9 Å². The Morgan fingerprint density at radius 3 is 2.30 bits per heavy atom. The third-order valence-electron chi connectivity index (χ3n) is 5.44. The lowest BCUT2D eigenvalue weighted by Gasteiger charge is -2.35. The molecule has 1 saturated heterocycles. The summed E-state index contributed by atoms with van der Waals surface area (Å²) in [5.41, 5.74) is -0.00432. The van der Waals surface area contributed by atoms with Crippen molar-refractivity contribution in [2.24, 2.45) is 5.92 Å². The largest absolute Gasteiger partial charge is 0.373 e. The third kappa shape index (κ3) is 4.16. The van der Waals surface area contributed by atoms with Crippen LogP contribution in [0.3, 0.4) is 0 Å². The molecule has 1 atom stereocenters. The van der Waals surface area contributed by atoms with Crippen molar-refractivity contribution in [2.75, 3.05) is 19.6 Å². The third-order valence-corrected chi connectivity index (χ3v) is 5.44. The maximum absolute atomic E-state index is 11.4. The van der Waals surface area contributed by atoms with Crippen LogP contribution in [0.15, 0.2) is 30.3 Å². The summed E-state index contributed by atoms with van der Waals surface area (Å²) in [5, 5.41) is 11.4. The molecule has 1 aromatic rings. The van der Waals surface area contributed by atoms with Crippen molar-refractivity contribution < 1.29 is 5.11 Å². The van der Waals surface area contributed by atoms with E-state index in [1.54, 1.807) is 0 Å². The number of rotatable bonds is 3. The van der Waals surface area contributed by atoms with E-state index in [-0.39, 0.29) is 5.92 Å². The van der Waals surface area contributed by atoms with Gasteiger partial charge in [-0.05, 0) is 44.3 Å². The molecule has 0 aromatic heterocycles. The Morgan fingerprint density at radius 1 is 0.957 bits per heavy atom. The van der Waals surface area contributed by atoms with Gasteiger partial charge in [0.1, 0.15) is 0 Å². The van der Waals surface area contributed by atoms with E-state index in [1.165, 1.54) is 38.5 Å². The fraction of sp³-hybridized carbons (Fsp3) is 0.619. The standard InChI is InChI=1S/C21H29NO/c23-21(19-11-4-1-5-12-19,20-13-6-2-7-14-20)15-10-18-22-16-8-3-9-17-22/h1,4-5,11-12,20,23H,2-3,6-9,13-14,16-18H2/t21-/m0/s1. The van der Waals surface area contributed by atoms with E-state index in [1.807, 2.05) is 30.3 Å². The van der Waals surface area contributed by atoms with Gasteiger partial charge in [0.2, 0.25) is 0 Å². The van der Waals surface area contributed by atoms with Crippen LogP contribution in [0.5, 0.6) is 0 Å². The van der Waals surface area contributed by atoms with E-state index < -0.39 is 5.60 Å². The van der Waals surface area contributed by atoms with Crippen LogP contribution in [0.2, 0.25) is 0 Å². The van der Waals surface area contributed by atoms with Gasteiger partial charge in [0.25, 0.3) is 0 Å². The summed E-state index contributed by atoms with van der Waals surface area (Å²) in [5.74, 6) is 6.88. The number of hydrogen-bond donors (Lipinski definition) is 1. The summed E-state index contributed by atoms with van der Waals surface area (Å²) in [6.45, 7) is 3.10. The van der Waals surface area contributed by atoms with Gasteiger partial charge in [0, 0.05) is 5.92 Å². The van der Waals surface area contributed by atoms with Crippen LogP contribution < -0.4 is 0 Å². The molecule has 1 heterocycles. The van der Waals surface area contributed by atoms with Gasteiger partial charge in [-0.2, -0.15) is 0 Å². The molecule has 2 aliphatic rings. The van der Waals surface area contributed by atoms with E-state index in [2.05, 4.69) is 16.7 Å². The summed E-state index contributed by atoms with van der Waals surface area (Å²) in [7, 11) is 0. The van der Waals surface area contributed by atoms with Crippen LogP contribution in [-0.2, 0) is 5.60 Å². The molecule has 1 N–H and O–H groups in total. The van der Waals surface area contributed by atoms with Gasteiger partial charge < -0.3 is 5.11 Å². The maximum Gasteiger partial charge on any atom is 0.153 e. The van der Waals surface area contributed by atoms with E-state index in [0.717, 1.165) is 38.0 Å². The lowest BCUT2D eigenvalue weighted by molar-refractivity contribution is 0.0158. The van der Waals surface area contributed by atoms with Crippen molar-refractivity contribution in [1.82, 2.24) is 4.90 Å². The van der Waals surface area contributed by atoms with Crippen molar-refractivity contribution in [2.45, 2.75) is 57.0 Å². The number of benzene rings is 1. The van der Waals surface area contributed by atoms with Crippen LogP contribution >= 0.6 is 0 Å². The van der Waals surface area contributed by atoms with Gasteiger partial charge in [0.15, 0.2) is 5.60 Å². The molecule has 1 aromatic carbocycles. The van der Waals surface area contributed by atoms with Gasteiger partial charge >= 0.3 is 0 Å². The zero-order chi connectivity index (χ0) is 16.0. The van der Waals surface area contributed by atoms with E-state index >= 15 is 0 Å². The lowest BCUT2D eigenvalue weighted by atomic mass is 9.73. The van der Waals surface area contributed by atoms with Crippen molar-refractivity contribution in [3.05, 3.63) is 35.9 Å². The molecule has 0 spiro atoms. The van der Waals surface area contributed by atoms with Crippen molar-refractivity contribution in [3.8, 4) is 11.8 Å². The maximum atomic E-state index is 11.4. The Morgan fingerprint density at radius 2 is 1.61 bits per heavy atom. The number of aliphatic hydroxyl groups is 1. The normalized spacial score (nSPS) is 22.8. The highest BCUT2D eigenvalue weighted by Gasteiger charge is 2.37. The zero-order valence-electron chi connectivity index (χ0n) is 14.1. The van der Waals surface area contributed by atoms with Crippen molar-refractivity contribution in [1.29, 1.82) is 0 Å². The fourth-order valence-electron chi connectivity index (χ4n) is 4.03. The lowest BCUT2D eigenvalue weighted by Crippen LogP contribution is -2.36. The first-order valence-corrected chi connectivity index (χ1v) is 9.29. The topological polar surface area (TPSA) is 23.5 Å². The minimum atomic E-state index is -0.975. The first-order valence-electron chi connectivity index (χ1n) is 9.29. The molecular formula is C21H29NO. The highest BCUT2D eigenvalue weighted by molar-refractivity contribution is 5.33. The molecule has 1 aliphatic heterocycles. The Hall–Kier alpha value is -1.30. The van der Waals surface area contributed by atoms with Gasteiger partial charge in [-0.15, -0.1) is 0 Å². The van der Waals surface area contributed by atoms with Crippen LogP contribution in [0, 0.1) is 17.8 Å². The first kappa shape index (κ1) is 16.6. The number of hydrogen-bond acceptors (Lipinski definition) is 2. The Bertz CT molecular complexity index is 532. The fourth-order valence-corrected chi connectivity index (χ4v) is 4.03. The summed E-state index contributed by atoms with van der Waals surface area (Å²) >= 11 is 0. The SMILES string of the molecule is O[C@@](C#CCN1CCCCC1)(c1ccccc1)C1CCCCC1. The molecule has 2 nitrogen and oxygen atoms in total. The molecular weight excluding hydrogens is 282 g/mol. The van der Waals surface area contributed by atoms with E-state index in [4.69, 9.17) is 0 Å². The predicted octanol–water partition coefficient (Wildman–Crippen LogP) is 3.94. The molecule has 1 saturated carbocycles. The van der Waals surface area contributed by atoms with Gasteiger partial charge in [-0.3, -0.25) is 4.90 Å². The first-order chi connectivity index (χ1) is 11.3. The Kier molecular flexibility index (Phi) is 5.75. The molecule has 0 bridgehead atoms. The summed E-state index contributed by atoms with van der Waals surface area (Å²) in [6.07, 6.45) is 9.82. The van der Waals surface area contributed by atoms with E-state index in [9.17, 15) is 5.11 Å².